The number of hydrogen-bond acceptors (Lipinski definition) is 3. The number of amides is 2. The predicted molar refractivity (Wildman–Crippen MR) is 145 cm³/mol. The van der Waals surface area contributed by atoms with E-state index in [4.69, 9.17) is 40.5 Å². The monoisotopic (exact) mass is 601 g/mol. The van der Waals surface area contributed by atoms with Crippen LogP contribution in [0.2, 0.25) is 5.02 Å². The number of carbonyl (C=O) groups is 2. The molecule has 1 aliphatic rings. The van der Waals surface area contributed by atoms with Crippen molar-refractivity contribution < 1.29 is 27.2 Å². The molecule has 2 amide bonds. The first-order chi connectivity index (χ1) is 18.0. The Morgan fingerprint density at radius 3 is 2.28 bits per heavy atom. The van der Waals surface area contributed by atoms with Crippen LogP contribution in [0.25, 0.3) is 0 Å². The number of hydrogen-bond donors (Lipinski definition) is 3. The van der Waals surface area contributed by atoms with Crippen LogP contribution in [-0.2, 0) is 10.5 Å². The molecule has 12 heteroatoms. The fourth-order valence-electron chi connectivity index (χ4n) is 4.35. The molecule has 0 aliphatic heterocycles. The fourth-order valence-corrected chi connectivity index (χ4v) is 5.37. The SMILES string of the molecule is Cc1cc(NC(=O)[C@H]2[C@H](c3ccc(F)c(C(C)(C)F)c3)C2(Cl)Cl)cc(C(=O)Nc2c(F)ccc(N)c2F)c1Cl. The van der Waals surface area contributed by atoms with Crippen molar-refractivity contribution in [3.63, 3.8) is 0 Å². The van der Waals surface area contributed by atoms with E-state index >= 15 is 0 Å². The van der Waals surface area contributed by atoms with E-state index in [1.807, 2.05) is 0 Å². The Kier molecular flexibility index (Phi) is 7.57. The summed E-state index contributed by atoms with van der Waals surface area (Å²) >= 11 is 19.1. The van der Waals surface area contributed by atoms with Gasteiger partial charge in [0.15, 0.2) is 5.82 Å². The van der Waals surface area contributed by atoms with E-state index in [0.29, 0.717) is 11.1 Å². The average molecular weight is 603 g/mol. The van der Waals surface area contributed by atoms with E-state index in [0.717, 1.165) is 18.2 Å². The molecule has 5 nitrogen and oxygen atoms in total. The quantitative estimate of drug-likeness (QED) is 0.154. The zero-order valence-corrected chi connectivity index (χ0v) is 23.0. The smallest absolute Gasteiger partial charge is 0.257 e. The molecule has 4 N–H and O–H groups in total. The van der Waals surface area contributed by atoms with Gasteiger partial charge in [-0.3, -0.25) is 9.59 Å². The highest BCUT2D eigenvalue weighted by Gasteiger charge is 2.67. The highest BCUT2D eigenvalue weighted by molar-refractivity contribution is 6.53. The van der Waals surface area contributed by atoms with E-state index in [2.05, 4.69) is 10.6 Å². The Bertz CT molecular complexity index is 1510. The van der Waals surface area contributed by atoms with Gasteiger partial charge in [0, 0.05) is 17.2 Å². The Labute approximate surface area is 236 Å². The van der Waals surface area contributed by atoms with Gasteiger partial charge in [-0.2, -0.15) is 0 Å². The standard InChI is InChI=1S/C27H22Cl3F4N3O2/c1-11-8-13(10-14(21(11)28)24(38)37-23-17(32)6-7-18(35)22(23)33)36-25(39)20-19(27(20,29)30)12-4-5-16(31)15(9-12)26(2,3)34/h4-10,19-20H,35H2,1-3H3,(H,36,39)(H,37,38)/t19-,20+/m0/s1. The number of halogens is 7. The zero-order chi connectivity index (χ0) is 29.0. The molecule has 3 aromatic carbocycles. The summed E-state index contributed by atoms with van der Waals surface area (Å²) in [5, 5.41) is 4.71. The number of benzene rings is 3. The van der Waals surface area contributed by atoms with Crippen LogP contribution in [0.1, 0.15) is 46.8 Å². The number of nitrogens with one attached hydrogen (secondary N) is 2. The molecule has 0 spiro atoms. The van der Waals surface area contributed by atoms with E-state index in [1.165, 1.54) is 38.1 Å². The molecule has 1 fully saturated rings. The Morgan fingerprint density at radius 2 is 1.64 bits per heavy atom. The summed E-state index contributed by atoms with van der Waals surface area (Å²) in [6.45, 7) is 3.96. The minimum atomic E-state index is -1.98. The zero-order valence-electron chi connectivity index (χ0n) is 20.7. The predicted octanol–water partition coefficient (Wildman–Crippen LogP) is 7.63. The number of anilines is 3. The topological polar surface area (TPSA) is 84.2 Å². The molecule has 0 heterocycles. The normalized spacial score (nSPS) is 18.0. The van der Waals surface area contributed by atoms with E-state index in [9.17, 15) is 27.2 Å². The Hall–Kier alpha value is -3.01. The first-order valence-corrected chi connectivity index (χ1v) is 12.7. The highest BCUT2D eigenvalue weighted by Crippen LogP contribution is 2.65. The van der Waals surface area contributed by atoms with Gasteiger partial charge in [-0.1, -0.05) is 17.7 Å². The van der Waals surface area contributed by atoms with E-state index in [-0.39, 0.29) is 27.5 Å². The van der Waals surface area contributed by atoms with Gasteiger partial charge in [0.05, 0.1) is 22.2 Å². The number of carbonyl (C=O) groups excluding carboxylic acids is 2. The van der Waals surface area contributed by atoms with Crippen LogP contribution >= 0.6 is 34.8 Å². The van der Waals surface area contributed by atoms with Gasteiger partial charge in [-0.05, 0) is 68.3 Å². The van der Waals surface area contributed by atoms with Gasteiger partial charge in [0.1, 0.15) is 27.3 Å². The third-order valence-corrected chi connectivity index (χ3v) is 7.89. The minimum absolute atomic E-state index is 0.0174. The van der Waals surface area contributed by atoms with Gasteiger partial charge in [-0.25, -0.2) is 17.6 Å². The molecule has 0 bridgehead atoms. The van der Waals surface area contributed by atoms with Crippen molar-refractivity contribution in [3.05, 3.63) is 87.2 Å². The third kappa shape index (κ3) is 5.53. The molecule has 2 atom stereocenters. The summed E-state index contributed by atoms with van der Waals surface area (Å²) in [5.41, 5.74) is 2.83. The first kappa shape index (κ1) is 29.0. The van der Waals surface area contributed by atoms with E-state index in [1.54, 1.807) is 6.92 Å². The number of nitrogen functional groups attached to an aromatic ring is 1. The van der Waals surface area contributed by atoms with Gasteiger partial charge in [0.2, 0.25) is 5.91 Å². The Balaban J connectivity index is 1.58. The van der Waals surface area contributed by atoms with Crippen molar-refractivity contribution in [1.82, 2.24) is 0 Å². The lowest BCUT2D eigenvalue weighted by Gasteiger charge is -2.17. The van der Waals surface area contributed by atoms with Gasteiger partial charge >= 0.3 is 0 Å². The molecular formula is C27H22Cl3F4N3O2. The van der Waals surface area contributed by atoms with Gasteiger partial charge < -0.3 is 16.4 Å². The summed E-state index contributed by atoms with van der Waals surface area (Å²) in [7, 11) is 0. The number of nitrogens with two attached hydrogens (primary N) is 1. The molecule has 1 aliphatic carbocycles. The lowest BCUT2D eigenvalue weighted by molar-refractivity contribution is -0.117. The van der Waals surface area contributed by atoms with Crippen LogP contribution in [0.3, 0.4) is 0 Å². The fraction of sp³-hybridized carbons (Fsp3) is 0.259. The summed E-state index contributed by atoms with van der Waals surface area (Å²) in [6.07, 6.45) is 0. The second kappa shape index (κ2) is 10.2. The molecule has 0 saturated heterocycles. The highest BCUT2D eigenvalue weighted by atomic mass is 35.5. The number of alkyl halides is 3. The summed E-state index contributed by atoms with van der Waals surface area (Å²) < 4.78 is 55.5. The molecule has 3 aromatic rings. The second-order valence-corrected chi connectivity index (χ2v) is 11.6. The maximum atomic E-state index is 14.5. The summed E-state index contributed by atoms with van der Waals surface area (Å²) in [6, 6.07) is 8.35. The minimum Gasteiger partial charge on any atom is -0.396 e. The van der Waals surface area contributed by atoms with Crippen LogP contribution in [0, 0.1) is 30.3 Å². The van der Waals surface area contributed by atoms with Crippen molar-refractivity contribution in [2.45, 2.75) is 36.7 Å². The van der Waals surface area contributed by atoms with Crippen molar-refractivity contribution in [2.24, 2.45) is 5.92 Å². The average Bonchev–Trinajstić information content (AvgIpc) is 3.42. The third-order valence-electron chi connectivity index (χ3n) is 6.45. The molecular weight excluding hydrogens is 581 g/mol. The lowest BCUT2D eigenvalue weighted by Crippen LogP contribution is -2.19. The van der Waals surface area contributed by atoms with E-state index < -0.39 is 56.8 Å². The van der Waals surface area contributed by atoms with Crippen molar-refractivity contribution in [1.29, 1.82) is 0 Å². The summed E-state index contributed by atoms with van der Waals surface area (Å²) in [5.74, 6) is -6.30. The van der Waals surface area contributed by atoms with Crippen LogP contribution in [-0.4, -0.2) is 16.1 Å². The number of aryl methyl sites for hydroxylation is 1. The van der Waals surface area contributed by atoms with Crippen LogP contribution in [0.5, 0.6) is 0 Å². The van der Waals surface area contributed by atoms with Crippen molar-refractivity contribution in [2.75, 3.05) is 16.4 Å². The molecule has 0 radical (unpaired) electrons. The largest absolute Gasteiger partial charge is 0.396 e. The lowest BCUT2D eigenvalue weighted by atomic mass is 9.95. The maximum Gasteiger partial charge on any atom is 0.257 e. The molecule has 39 heavy (non-hydrogen) atoms. The van der Waals surface area contributed by atoms with Gasteiger partial charge in [0.25, 0.3) is 5.91 Å². The van der Waals surface area contributed by atoms with Crippen molar-refractivity contribution in [3.8, 4) is 0 Å². The summed E-state index contributed by atoms with van der Waals surface area (Å²) in [4.78, 5) is 26.0. The molecule has 4 rings (SSSR count). The Morgan fingerprint density at radius 1 is 1.00 bits per heavy atom. The molecule has 0 aromatic heterocycles. The number of rotatable bonds is 6. The maximum absolute atomic E-state index is 14.5. The van der Waals surface area contributed by atoms with Crippen LogP contribution < -0.4 is 16.4 Å². The van der Waals surface area contributed by atoms with Crippen molar-refractivity contribution >= 4 is 63.7 Å². The van der Waals surface area contributed by atoms with Crippen LogP contribution in [0.4, 0.5) is 34.6 Å². The molecule has 206 valence electrons. The second-order valence-electron chi connectivity index (χ2n) is 9.77. The first-order valence-electron chi connectivity index (χ1n) is 11.6. The van der Waals surface area contributed by atoms with Crippen LogP contribution in [0.15, 0.2) is 42.5 Å². The molecule has 0 unspecified atom stereocenters. The van der Waals surface area contributed by atoms with Gasteiger partial charge in [-0.15, -0.1) is 23.2 Å². The molecule has 1 saturated carbocycles.